The Morgan fingerprint density at radius 3 is 2.60 bits per heavy atom. The summed E-state index contributed by atoms with van der Waals surface area (Å²) in [5.41, 5.74) is 2.06. The average molecular weight is 290 g/mol. The van der Waals surface area contributed by atoms with Crippen LogP contribution in [0.15, 0.2) is 24.3 Å². The first kappa shape index (κ1) is 14.5. The Morgan fingerprint density at radius 2 is 2.00 bits per heavy atom. The SMILES string of the molecule is CCCCc1ccc(NC(=O)c2nnc(NC)s2)cc1. The highest BCUT2D eigenvalue weighted by Crippen LogP contribution is 2.17. The maximum absolute atomic E-state index is 12.0. The first-order valence-corrected chi connectivity index (χ1v) is 7.46. The van der Waals surface area contributed by atoms with Crippen molar-refractivity contribution in [3.63, 3.8) is 0 Å². The molecule has 0 atom stereocenters. The lowest BCUT2D eigenvalue weighted by Gasteiger charge is -2.04. The smallest absolute Gasteiger partial charge is 0.286 e. The number of nitrogens with one attached hydrogen (secondary N) is 2. The van der Waals surface area contributed by atoms with Crippen molar-refractivity contribution in [2.45, 2.75) is 26.2 Å². The van der Waals surface area contributed by atoms with Crippen LogP contribution in [0.3, 0.4) is 0 Å². The quantitative estimate of drug-likeness (QED) is 0.857. The summed E-state index contributed by atoms with van der Waals surface area (Å²) in [6.45, 7) is 2.18. The Kier molecular flexibility index (Phi) is 5.06. The summed E-state index contributed by atoms with van der Waals surface area (Å²) >= 11 is 1.23. The zero-order valence-corrected chi connectivity index (χ0v) is 12.5. The molecule has 0 bridgehead atoms. The van der Waals surface area contributed by atoms with Gasteiger partial charge in [0.05, 0.1) is 0 Å². The molecule has 0 aliphatic heterocycles. The van der Waals surface area contributed by atoms with Crippen LogP contribution in [-0.4, -0.2) is 23.2 Å². The molecular formula is C14H18N4OS. The molecule has 5 nitrogen and oxygen atoms in total. The Hall–Kier alpha value is -1.95. The molecule has 0 aliphatic carbocycles. The number of nitrogens with zero attached hydrogens (tertiary/aromatic N) is 2. The third kappa shape index (κ3) is 3.77. The summed E-state index contributed by atoms with van der Waals surface area (Å²) in [5.74, 6) is -0.231. The molecule has 20 heavy (non-hydrogen) atoms. The van der Waals surface area contributed by atoms with Crippen LogP contribution in [0.4, 0.5) is 10.8 Å². The van der Waals surface area contributed by atoms with Crippen molar-refractivity contribution in [3.05, 3.63) is 34.8 Å². The van der Waals surface area contributed by atoms with Crippen LogP contribution in [0.25, 0.3) is 0 Å². The van der Waals surface area contributed by atoms with Gasteiger partial charge in [0, 0.05) is 12.7 Å². The lowest BCUT2D eigenvalue weighted by Crippen LogP contribution is -2.11. The van der Waals surface area contributed by atoms with E-state index in [1.54, 1.807) is 7.05 Å². The maximum atomic E-state index is 12.0. The largest absolute Gasteiger partial charge is 0.363 e. The molecule has 2 aromatic rings. The third-order valence-electron chi connectivity index (χ3n) is 2.86. The molecule has 2 rings (SSSR count). The van der Waals surface area contributed by atoms with Gasteiger partial charge >= 0.3 is 0 Å². The highest BCUT2D eigenvalue weighted by molar-refractivity contribution is 7.17. The molecule has 1 heterocycles. The van der Waals surface area contributed by atoms with Crippen molar-refractivity contribution in [1.82, 2.24) is 10.2 Å². The maximum Gasteiger partial charge on any atom is 0.286 e. The fourth-order valence-electron chi connectivity index (χ4n) is 1.74. The highest BCUT2D eigenvalue weighted by Gasteiger charge is 2.12. The van der Waals surface area contributed by atoms with Crippen LogP contribution < -0.4 is 10.6 Å². The summed E-state index contributed by atoms with van der Waals surface area (Å²) in [6.07, 6.45) is 3.44. The van der Waals surface area contributed by atoms with E-state index < -0.39 is 0 Å². The molecule has 1 aromatic heterocycles. The minimum atomic E-state index is -0.231. The second kappa shape index (κ2) is 7.00. The summed E-state index contributed by atoms with van der Waals surface area (Å²) in [6, 6.07) is 7.93. The number of anilines is 2. The van der Waals surface area contributed by atoms with E-state index >= 15 is 0 Å². The Bertz CT molecular complexity index is 565. The van der Waals surface area contributed by atoms with E-state index in [2.05, 4.69) is 27.8 Å². The van der Waals surface area contributed by atoms with Crippen molar-refractivity contribution < 1.29 is 4.79 Å². The van der Waals surface area contributed by atoms with Gasteiger partial charge in [-0.05, 0) is 30.5 Å². The number of amides is 1. The van der Waals surface area contributed by atoms with Crippen LogP contribution >= 0.6 is 11.3 Å². The fourth-order valence-corrected chi connectivity index (χ4v) is 2.33. The molecule has 1 aromatic carbocycles. The topological polar surface area (TPSA) is 66.9 Å². The molecule has 0 aliphatic rings. The molecule has 0 fully saturated rings. The van der Waals surface area contributed by atoms with E-state index in [0.717, 1.165) is 12.1 Å². The van der Waals surface area contributed by atoms with Crippen molar-refractivity contribution in [2.24, 2.45) is 0 Å². The lowest BCUT2D eigenvalue weighted by molar-refractivity contribution is 0.102. The summed E-state index contributed by atoms with van der Waals surface area (Å²) in [4.78, 5) is 12.0. The number of carbonyl (C=O) groups excluding carboxylic acids is 1. The van der Waals surface area contributed by atoms with E-state index in [1.165, 1.54) is 29.7 Å². The fraction of sp³-hybridized carbons (Fsp3) is 0.357. The second-order valence-electron chi connectivity index (χ2n) is 4.42. The Labute approximate surface area is 122 Å². The number of hydrogen-bond donors (Lipinski definition) is 2. The Balaban J connectivity index is 1.97. The second-order valence-corrected chi connectivity index (χ2v) is 5.39. The van der Waals surface area contributed by atoms with Gasteiger partial charge in [0.1, 0.15) is 0 Å². The van der Waals surface area contributed by atoms with E-state index in [1.807, 2.05) is 24.3 Å². The van der Waals surface area contributed by atoms with E-state index in [-0.39, 0.29) is 5.91 Å². The number of carbonyl (C=O) groups is 1. The van der Waals surface area contributed by atoms with Gasteiger partial charge in [-0.25, -0.2) is 0 Å². The van der Waals surface area contributed by atoms with Crippen LogP contribution in [0.5, 0.6) is 0 Å². The lowest BCUT2D eigenvalue weighted by atomic mass is 10.1. The molecule has 0 spiro atoms. The van der Waals surface area contributed by atoms with Gasteiger partial charge in [-0.2, -0.15) is 0 Å². The molecule has 0 saturated heterocycles. The van der Waals surface area contributed by atoms with Crippen LogP contribution in [0.1, 0.15) is 35.1 Å². The van der Waals surface area contributed by atoms with Crippen molar-refractivity contribution in [1.29, 1.82) is 0 Å². The number of aromatic nitrogens is 2. The number of hydrogen-bond acceptors (Lipinski definition) is 5. The van der Waals surface area contributed by atoms with Gasteiger partial charge < -0.3 is 10.6 Å². The molecule has 106 valence electrons. The summed E-state index contributed by atoms with van der Waals surface area (Å²) < 4.78 is 0. The zero-order chi connectivity index (χ0) is 14.4. The van der Waals surface area contributed by atoms with E-state index in [9.17, 15) is 4.79 Å². The summed E-state index contributed by atoms with van der Waals surface area (Å²) in [5, 5.41) is 14.3. The highest BCUT2D eigenvalue weighted by atomic mass is 32.1. The average Bonchev–Trinajstić information content (AvgIpc) is 2.95. The first-order valence-electron chi connectivity index (χ1n) is 6.64. The van der Waals surface area contributed by atoms with Gasteiger partial charge in [0.2, 0.25) is 10.1 Å². The van der Waals surface area contributed by atoms with E-state index in [0.29, 0.717) is 10.1 Å². The van der Waals surface area contributed by atoms with Crippen molar-refractivity contribution >= 4 is 28.1 Å². The van der Waals surface area contributed by atoms with Gasteiger partial charge in [-0.1, -0.05) is 36.8 Å². The molecule has 0 saturated carbocycles. The van der Waals surface area contributed by atoms with Crippen LogP contribution in [0, 0.1) is 0 Å². The number of unbranched alkanes of at least 4 members (excludes halogenated alkanes) is 1. The van der Waals surface area contributed by atoms with Gasteiger partial charge in [-0.3, -0.25) is 4.79 Å². The van der Waals surface area contributed by atoms with Crippen molar-refractivity contribution in [2.75, 3.05) is 17.7 Å². The monoisotopic (exact) mass is 290 g/mol. The third-order valence-corrected chi connectivity index (χ3v) is 3.80. The predicted octanol–water partition coefficient (Wildman–Crippen LogP) is 3.17. The summed E-state index contributed by atoms with van der Waals surface area (Å²) in [7, 11) is 1.75. The molecule has 1 amide bonds. The predicted molar refractivity (Wildman–Crippen MR) is 82.5 cm³/mol. The number of rotatable bonds is 6. The zero-order valence-electron chi connectivity index (χ0n) is 11.6. The Morgan fingerprint density at radius 1 is 1.25 bits per heavy atom. The van der Waals surface area contributed by atoms with Gasteiger partial charge in [-0.15, -0.1) is 10.2 Å². The van der Waals surface area contributed by atoms with E-state index in [4.69, 9.17) is 0 Å². The van der Waals surface area contributed by atoms with Gasteiger partial charge in [0.25, 0.3) is 5.91 Å². The molecule has 6 heteroatoms. The van der Waals surface area contributed by atoms with Crippen LogP contribution in [0.2, 0.25) is 0 Å². The molecule has 0 unspecified atom stereocenters. The van der Waals surface area contributed by atoms with Crippen molar-refractivity contribution in [3.8, 4) is 0 Å². The molecular weight excluding hydrogens is 272 g/mol. The minimum absolute atomic E-state index is 0.231. The molecule has 2 N–H and O–H groups in total. The normalized spacial score (nSPS) is 10.3. The minimum Gasteiger partial charge on any atom is -0.363 e. The van der Waals surface area contributed by atoms with Gasteiger partial charge in [0.15, 0.2) is 0 Å². The molecule has 0 radical (unpaired) electrons. The first-order chi connectivity index (χ1) is 9.72. The van der Waals surface area contributed by atoms with Crippen LogP contribution in [-0.2, 0) is 6.42 Å². The standard InChI is InChI=1S/C14H18N4OS/c1-3-4-5-10-6-8-11(9-7-10)16-12(19)13-17-18-14(15-2)20-13/h6-9H,3-5H2,1-2H3,(H,15,18)(H,16,19). The number of benzene rings is 1. The number of aryl methyl sites for hydroxylation is 1.